The molecule has 2 heterocycles. The molecule has 2 rings (SSSR count). The molecule has 0 aromatic carbocycles. The van der Waals surface area contributed by atoms with E-state index in [1.807, 2.05) is 19.1 Å². The lowest BCUT2D eigenvalue weighted by molar-refractivity contribution is 0.0758. The molecule has 0 spiro atoms. The fourth-order valence-corrected chi connectivity index (χ4v) is 2.27. The SMILES string of the molecule is CCC(NCc1ccc(C)o1)C1CCCO1. The van der Waals surface area contributed by atoms with Crippen LogP contribution in [0, 0.1) is 6.92 Å². The molecular formula is C13H21NO2. The predicted octanol–water partition coefficient (Wildman–Crippen LogP) is 2.64. The Hall–Kier alpha value is -0.800. The Bertz CT molecular complexity index is 315. The minimum absolute atomic E-state index is 0.390. The molecular weight excluding hydrogens is 202 g/mol. The van der Waals surface area contributed by atoms with E-state index in [4.69, 9.17) is 9.15 Å². The third kappa shape index (κ3) is 2.86. The van der Waals surface area contributed by atoms with Gasteiger partial charge in [0.1, 0.15) is 11.5 Å². The molecule has 2 unspecified atom stereocenters. The third-order valence-corrected chi connectivity index (χ3v) is 3.19. The first-order chi connectivity index (χ1) is 7.79. The molecule has 0 aliphatic carbocycles. The highest BCUT2D eigenvalue weighted by atomic mass is 16.5. The van der Waals surface area contributed by atoms with E-state index in [0.29, 0.717) is 12.1 Å². The van der Waals surface area contributed by atoms with Crippen LogP contribution in [0.5, 0.6) is 0 Å². The molecule has 2 atom stereocenters. The number of nitrogens with one attached hydrogen (secondary N) is 1. The molecule has 1 N–H and O–H groups in total. The first-order valence-electron chi connectivity index (χ1n) is 6.20. The van der Waals surface area contributed by atoms with E-state index >= 15 is 0 Å². The van der Waals surface area contributed by atoms with Crippen LogP contribution in [0.2, 0.25) is 0 Å². The molecule has 0 radical (unpaired) electrons. The Morgan fingerprint density at radius 3 is 2.94 bits per heavy atom. The van der Waals surface area contributed by atoms with Crippen LogP contribution in [0.15, 0.2) is 16.5 Å². The molecule has 0 bridgehead atoms. The second-order valence-corrected chi connectivity index (χ2v) is 4.46. The van der Waals surface area contributed by atoms with Crippen molar-refractivity contribution in [2.45, 2.75) is 51.8 Å². The molecule has 1 aromatic heterocycles. The van der Waals surface area contributed by atoms with Gasteiger partial charge < -0.3 is 14.5 Å². The van der Waals surface area contributed by atoms with Crippen molar-refractivity contribution in [2.24, 2.45) is 0 Å². The van der Waals surface area contributed by atoms with Crippen molar-refractivity contribution >= 4 is 0 Å². The summed E-state index contributed by atoms with van der Waals surface area (Å²) < 4.78 is 11.2. The van der Waals surface area contributed by atoms with E-state index in [1.165, 1.54) is 12.8 Å². The summed E-state index contributed by atoms with van der Waals surface area (Å²) in [5.41, 5.74) is 0. The number of rotatable bonds is 5. The van der Waals surface area contributed by atoms with E-state index in [0.717, 1.165) is 31.1 Å². The van der Waals surface area contributed by atoms with E-state index in [9.17, 15) is 0 Å². The number of furan rings is 1. The Morgan fingerprint density at radius 2 is 2.38 bits per heavy atom. The summed E-state index contributed by atoms with van der Waals surface area (Å²) >= 11 is 0. The quantitative estimate of drug-likeness (QED) is 0.833. The first kappa shape index (κ1) is 11.7. The lowest BCUT2D eigenvalue weighted by Crippen LogP contribution is -2.38. The van der Waals surface area contributed by atoms with Gasteiger partial charge >= 0.3 is 0 Å². The van der Waals surface area contributed by atoms with Crippen LogP contribution in [0.1, 0.15) is 37.7 Å². The van der Waals surface area contributed by atoms with Gasteiger partial charge in [0, 0.05) is 12.6 Å². The highest BCUT2D eigenvalue weighted by molar-refractivity contribution is 5.05. The predicted molar refractivity (Wildman–Crippen MR) is 63.3 cm³/mol. The normalized spacial score (nSPS) is 22.5. The van der Waals surface area contributed by atoms with Crippen molar-refractivity contribution in [2.75, 3.05) is 6.61 Å². The minimum atomic E-state index is 0.390. The summed E-state index contributed by atoms with van der Waals surface area (Å²) in [6.07, 6.45) is 3.87. The molecule has 1 aromatic rings. The number of aryl methyl sites for hydroxylation is 1. The second-order valence-electron chi connectivity index (χ2n) is 4.46. The van der Waals surface area contributed by atoms with Gasteiger partial charge in [-0.3, -0.25) is 0 Å². The highest BCUT2D eigenvalue weighted by Gasteiger charge is 2.24. The van der Waals surface area contributed by atoms with Crippen LogP contribution < -0.4 is 5.32 Å². The Balaban J connectivity index is 1.82. The fraction of sp³-hybridized carbons (Fsp3) is 0.692. The van der Waals surface area contributed by atoms with E-state index in [1.54, 1.807) is 0 Å². The van der Waals surface area contributed by atoms with Crippen LogP contribution in [0.25, 0.3) is 0 Å². The molecule has 16 heavy (non-hydrogen) atoms. The molecule has 1 saturated heterocycles. The van der Waals surface area contributed by atoms with Gasteiger partial charge in [-0.25, -0.2) is 0 Å². The molecule has 0 amide bonds. The van der Waals surface area contributed by atoms with Gasteiger partial charge in [0.05, 0.1) is 12.6 Å². The van der Waals surface area contributed by atoms with Gasteiger partial charge in [-0.05, 0) is 38.3 Å². The summed E-state index contributed by atoms with van der Waals surface area (Å²) in [6, 6.07) is 4.49. The molecule has 3 nitrogen and oxygen atoms in total. The highest BCUT2D eigenvalue weighted by Crippen LogP contribution is 2.18. The van der Waals surface area contributed by atoms with Crippen LogP contribution in [0.3, 0.4) is 0 Å². The average molecular weight is 223 g/mol. The van der Waals surface area contributed by atoms with Gasteiger partial charge in [-0.15, -0.1) is 0 Å². The number of hydrogen-bond acceptors (Lipinski definition) is 3. The smallest absolute Gasteiger partial charge is 0.117 e. The average Bonchev–Trinajstić information content (AvgIpc) is 2.91. The standard InChI is InChI=1S/C13H21NO2/c1-3-12(13-5-4-8-15-13)14-9-11-7-6-10(2)16-11/h6-7,12-14H,3-5,8-9H2,1-2H3. The summed E-state index contributed by atoms with van der Waals surface area (Å²) in [5.74, 6) is 1.98. The first-order valence-corrected chi connectivity index (χ1v) is 6.20. The monoisotopic (exact) mass is 223 g/mol. The van der Waals surface area contributed by atoms with Crippen LogP contribution in [-0.2, 0) is 11.3 Å². The lowest BCUT2D eigenvalue weighted by atomic mass is 10.1. The summed E-state index contributed by atoms with van der Waals surface area (Å²) in [5, 5.41) is 3.52. The third-order valence-electron chi connectivity index (χ3n) is 3.19. The zero-order chi connectivity index (χ0) is 11.4. The van der Waals surface area contributed by atoms with E-state index in [2.05, 4.69) is 12.2 Å². The van der Waals surface area contributed by atoms with Crippen molar-refractivity contribution in [3.05, 3.63) is 23.7 Å². The molecule has 1 fully saturated rings. The number of ether oxygens (including phenoxy) is 1. The minimum Gasteiger partial charge on any atom is -0.465 e. The fourth-order valence-electron chi connectivity index (χ4n) is 2.27. The Morgan fingerprint density at radius 1 is 1.50 bits per heavy atom. The molecule has 3 heteroatoms. The van der Waals surface area contributed by atoms with Gasteiger partial charge in [-0.1, -0.05) is 6.92 Å². The zero-order valence-corrected chi connectivity index (χ0v) is 10.2. The van der Waals surface area contributed by atoms with Crippen molar-refractivity contribution in [3.63, 3.8) is 0 Å². The maximum Gasteiger partial charge on any atom is 0.117 e. The van der Waals surface area contributed by atoms with E-state index in [-0.39, 0.29) is 0 Å². The van der Waals surface area contributed by atoms with Crippen LogP contribution in [0.4, 0.5) is 0 Å². The lowest BCUT2D eigenvalue weighted by Gasteiger charge is -2.22. The topological polar surface area (TPSA) is 34.4 Å². The summed E-state index contributed by atoms with van der Waals surface area (Å²) in [6.45, 7) is 5.89. The molecule has 1 aliphatic rings. The molecule has 90 valence electrons. The zero-order valence-electron chi connectivity index (χ0n) is 10.2. The maximum atomic E-state index is 5.71. The van der Waals surface area contributed by atoms with Gasteiger partial charge in [0.15, 0.2) is 0 Å². The van der Waals surface area contributed by atoms with E-state index < -0.39 is 0 Å². The Kier molecular flexibility index (Phi) is 4.02. The van der Waals surface area contributed by atoms with Gasteiger partial charge in [-0.2, -0.15) is 0 Å². The van der Waals surface area contributed by atoms with Crippen molar-refractivity contribution in [3.8, 4) is 0 Å². The van der Waals surface area contributed by atoms with Gasteiger partial charge in [0.25, 0.3) is 0 Å². The van der Waals surface area contributed by atoms with Crippen molar-refractivity contribution in [1.29, 1.82) is 0 Å². The molecule has 1 aliphatic heterocycles. The van der Waals surface area contributed by atoms with Gasteiger partial charge in [0.2, 0.25) is 0 Å². The molecule has 0 saturated carbocycles. The largest absolute Gasteiger partial charge is 0.465 e. The maximum absolute atomic E-state index is 5.71. The number of hydrogen-bond donors (Lipinski definition) is 1. The van der Waals surface area contributed by atoms with Crippen LogP contribution in [-0.4, -0.2) is 18.8 Å². The second kappa shape index (κ2) is 5.51. The summed E-state index contributed by atoms with van der Waals surface area (Å²) in [7, 11) is 0. The van der Waals surface area contributed by atoms with Crippen molar-refractivity contribution < 1.29 is 9.15 Å². The Labute approximate surface area is 97.2 Å². The summed E-state index contributed by atoms with van der Waals surface area (Å²) in [4.78, 5) is 0. The van der Waals surface area contributed by atoms with Crippen molar-refractivity contribution in [1.82, 2.24) is 5.32 Å². The van der Waals surface area contributed by atoms with Crippen LogP contribution >= 0.6 is 0 Å².